The summed E-state index contributed by atoms with van der Waals surface area (Å²) >= 11 is 0. The molecule has 0 radical (unpaired) electrons. The largest absolute Gasteiger partial charge is 0.493 e. The molecular weight excluding hydrogens is 384 g/mol. The molecule has 0 aromatic heterocycles. The number of amides is 1. The number of hydrogen-bond acceptors (Lipinski definition) is 5. The molecule has 0 saturated carbocycles. The number of piperidine rings is 1. The minimum absolute atomic E-state index is 0.0436. The fourth-order valence-corrected chi connectivity index (χ4v) is 3.25. The quantitative estimate of drug-likeness (QED) is 0.542. The van der Waals surface area contributed by atoms with Gasteiger partial charge in [0.2, 0.25) is 0 Å². The van der Waals surface area contributed by atoms with Gasteiger partial charge in [0.25, 0.3) is 0 Å². The van der Waals surface area contributed by atoms with Gasteiger partial charge in [0.15, 0.2) is 17.5 Å². The highest BCUT2D eigenvalue weighted by Gasteiger charge is 2.33. The highest BCUT2D eigenvalue weighted by molar-refractivity contribution is 5.77. The summed E-state index contributed by atoms with van der Waals surface area (Å²) in [5, 5.41) is 3.23. The fraction of sp³-hybridized carbons (Fsp3) is 0.636. The van der Waals surface area contributed by atoms with Crippen molar-refractivity contribution in [3.63, 3.8) is 0 Å². The molecule has 1 aromatic carbocycles. The Kier molecular flexibility index (Phi) is 7.81. The molecule has 0 aliphatic carbocycles. The number of carbonyl (C=O) groups is 1. The van der Waals surface area contributed by atoms with Crippen molar-refractivity contribution in [3.8, 4) is 11.5 Å². The number of aliphatic imine (C=N–C) groups is 1. The predicted molar refractivity (Wildman–Crippen MR) is 118 cm³/mol. The van der Waals surface area contributed by atoms with E-state index in [1.807, 2.05) is 39.0 Å². The first-order valence-electron chi connectivity index (χ1n) is 10.3. The molecule has 1 amide bonds. The van der Waals surface area contributed by atoms with Crippen LogP contribution < -0.4 is 20.5 Å². The molecular formula is C22H36N4O4. The number of hydrogen-bond donors (Lipinski definition) is 2. The van der Waals surface area contributed by atoms with Gasteiger partial charge in [-0.15, -0.1) is 0 Å². The van der Waals surface area contributed by atoms with Crippen LogP contribution in [0.3, 0.4) is 0 Å². The van der Waals surface area contributed by atoms with Crippen LogP contribution in [0, 0.1) is 5.41 Å². The summed E-state index contributed by atoms with van der Waals surface area (Å²) in [4.78, 5) is 18.4. The van der Waals surface area contributed by atoms with Gasteiger partial charge in [-0.25, -0.2) is 9.79 Å². The Labute approximate surface area is 179 Å². The SMILES string of the molecule is COc1ccc(CN=C(N)NCC2(C)CCN(C(=O)OC(C)(C)C)CC2)cc1OC. The Morgan fingerprint density at radius 1 is 1.20 bits per heavy atom. The number of guanidine groups is 1. The van der Waals surface area contributed by atoms with Crippen molar-refractivity contribution in [1.82, 2.24) is 10.2 Å². The number of nitrogens with zero attached hydrogens (tertiary/aromatic N) is 2. The lowest BCUT2D eigenvalue weighted by Gasteiger charge is -2.39. The van der Waals surface area contributed by atoms with Crippen LogP contribution in [0.1, 0.15) is 46.1 Å². The Hall–Kier alpha value is -2.64. The average Bonchev–Trinajstić information content (AvgIpc) is 2.69. The van der Waals surface area contributed by atoms with Gasteiger partial charge in [-0.2, -0.15) is 0 Å². The first-order valence-corrected chi connectivity index (χ1v) is 10.3. The van der Waals surface area contributed by atoms with E-state index in [9.17, 15) is 4.79 Å². The number of ether oxygens (including phenoxy) is 3. The lowest BCUT2D eigenvalue weighted by atomic mass is 9.80. The Morgan fingerprint density at radius 2 is 1.83 bits per heavy atom. The van der Waals surface area contributed by atoms with Gasteiger partial charge in [0.05, 0.1) is 20.8 Å². The third kappa shape index (κ3) is 7.00. The van der Waals surface area contributed by atoms with E-state index in [4.69, 9.17) is 19.9 Å². The van der Waals surface area contributed by atoms with Crippen LogP contribution in [-0.4, -0.2) is 56.4 Å². The number of rotatable bonds is 6. The molecule has 8 heteroatoms. The van der Waals surface area contributed by atoms with Crippen LogP contribution in [0.2, 0.25) is 0 Å². The fourth-order valence-electron chi connectivity index (χ4n) is 3.25. The second-order valence-corrected chi connectivity index (χ2v) is 9.02. The number of benzene rings is 1. The van der Waals surface area contributed by atoms with Crippen molar-refractivity contribution in [3.05, 3.63) is 23.8 Å². The van der Waals surface area contributed by atoms with E-state index in [2.05, 4.69) is 17.2 Å². The van der Waals surface area contributed by atoms with Crippen molar-refractivity contribution in [2.24, 2.45) is 16.1 Å². The second-order valence-electron chi connectivity index (χ2n) is 9.02. The predicted octanol–water partition coefficient (Wildman–Crippen LogP) is 3.15. The molecule has 1 aliphatic heterocycles. The zero-order chi connectivity index (χ0) is 22.4. The minimum Gasteiger partial charge on any atom is -0.493 e. The third-order valence-electron chi connectivity index (χ3n) is 5.20. The molecule has 1 aromatic rings. The van der Waals surface area contributed by atoms with E-state index >= 15 is 0 Å². The van der Waals surface area contributed by atoms with Gasteiger partial charge < -0.3 is 30.2 Å². The molecule has 30 heavy (non-hydrogen) atoms. The van der Waals surface area contributed by atoms with E-state index < -0.39 is 5.60 Å². The molecule has 0 bridgehead atoms. The molecule has 0 unspecified atom stereocenters. The van der Waals surface area contributed by atoms with E-state index in [1.54, 1.807) is 19.1 Å². The molecule has 3 N–H and O–H groups in total. The first kappa shape index (κ1) is 23.6. The molecule has 0 spiro atoms. The van der Waals surface area contributed by atoms with E-state index in [-0.39, 0.29) is 11.5 Å². The molecule has 168 valence electrons. The van der Waals surface area contributed by atoms with Crippen molar-refractivity contribution in [1.29, 1.82) is 0 Å². The van der Waals surface area contributed by atoms with Gasteiger partial charge in [-0.1, -0.05) is 13.0 Å². The Bertz CT molecular complexity index is 750. The lowest BCUT2D eigenvalue weighted by molar-refractivity contribution is 0.0123. The third-order valence-corrected chi connectivity index (χ3v) is 5.20. The topological polar surface area (TPSA) is 98.4 Å². The molecule has 8 nitrogen and oxygen atoms in total. The van der Waals surface area contributed by atoms with Crippen LogP contribution in [0.25, 0.3) is 0 Å². The maximum atomic E-state index is 12.2. The summed E-state index contributed by atoms with van der Waals surface area (Å²) in [7, 11) is 3.21. The van der Waals surface area contributed by atoms with Crippen molar-refractivity contribution in [2.75, 3.05) is 33.9 Å². The number of carbonyl (C=O) groups excluding carboxylic acids is 1. The zero-order valence-corrected chi connectivity index (χ0v) is 19.1. The molecule has 1 fully saturated rings. The van der Waals surface area contributed by atoms with Crippen molar-refractivity contribution >= 4 is 12.1 Å². The summed E-state index contributed by atoms with van der Waals surface area (Å²) in [6, 6.07) is 5.68. The van der Waals surface area contributed by atoms with Crippen LogP contribution in [0.4, 0.5) is 4.79 Å². The van der Waals surface area contributed by atoms with E-state index in [0.29, 0.717) is 43.6 Å². The average molecular weight is 421 g/mol. The van der Waals surface area contributed by atoms with Crippen LogP contribution in [0.15, 0.2) is 23.2 Å². The molecule has 1 heterocycles. The van der Waals surface area contributed by atoms with Crippen molar-refractivity contribution in [2.45, 2.75) is 52.7 Å². The molecule has 0 atom stereocenters. The van der Waals surface area contributed by atoms with E-state index in [0.717, 1.165) is 18.4 Å². The summed E-state index contributed by atoms with van der Waals surface area (Å²) in [6.07, 6.45) is 1.51. The number of methoxy groups -OCH3 is 2. The van der Waals surface area contributed by atoms with Gasteiger partial charge in [-0.05, 0) is 56.7 Å². The number of nitrogens with two attached hydrogens (primary N) is 1. The highest BCUT2D eigenvalue weighted by atomic mass is 16.6. The van der Waals surface area contributed by atoms with Gasteiger partial charge >= 0.3 is 6.09 Å². The first-order chi connectivity index (χ1) is 14.0. The number of nitrogens with one attached hydrogen (secondary N) is 1. The van der Waals surface area contributed by atoms with Crippen LogP contribution >= 0.6 is 0 Å². The Balaban J connectivity index is 1.83. The van der Waals surface area contributed by atoms with Crippen LogP contribution in [0.5, 0.6) is 11.5 Å². The molecule has 1 aliphatic rings. The number of likely N-dealkylation sites (tertiary alicyclic amines) is 1. The Morgan fingerprint density at radius 3 is 2.40 bits per heavy atom. The summed E-state index contributed by atoms with van der Waals surface area (Å²) in [5.74, 6) is 1.75. The molecule has 1 saturated heterocycles. The smallest absolute Gasteiger partial charge is 0.410 e. The van der Waals surface area contributed by atoms with Crippen molar-refractivity contribution < 1.29 is 19.0 Å². The minimum atomic E-state index is -0.474. The van der Waals surface area contributed by atoms with Gasteiger partial charge in [-0.3, -0.25) is 0 Å². The molecule has 2 rings (SSSR count). The monoisotopic (exact) mass is 420 g/mol. The van der Waals surface area contributed by atoms with E-state index in [1.165, 1.54) is 0 Å². The highest BCUT2D eigenvalue weighted by Crippen LogP contribution is 2.31. The maximum absolute atomic E-state index is 12.2. The van der Waals surface area contributed by atoms with Crippen LogP contribution in [-0.2, 0) is 11.3 Å². The second kappa shape index (κ2) is 9.91. The summed E-state index contributed by atoms with van der Waals surface area (Å²) in [6.45, 7) is 10.4. The van der Waals surface area contributed by atoms with Gasteiger partial charge in [0, 0.05) is 19.6 Å². The zero-order valence-electron chi connectivity index (χ0n) is 19.1. The maximum Gasteiger partial charge on any atom is 0.410 e. The summed E-state index contributed by atoms with van der Waals surface area (Å²) < 4.78 is 16.0. The normalized spacial score (nSPS) is 16.7. The standard InChI is InChI=1S/C22H36N4O4/c1-21(2,3)30-20(27)26-11-9-22(4,10-12-26)15-25-19(23)24-14-16-7-8-17(28-5)18(13-16)29-6/h7-8,13H,9-12,14-15H2,1-6H3,(H3,23,24,25). The van der Waals surface area contributed by atoms with Gasteiger partial charge in [0.1, 0.15) is 5.60 Å². The summed E-state index contributed by atoms with van der Waals surface area (Å²) in [5.41, 5.74) is 6.62. The lowest BCUT2D eigenvalue weighted by Crippen LogP contribution is -2.48.